The van der Waals surface area contributed by atoms with E-state index in [1.54, 1.807) is 42.5 Å². The first-order valence-corrected chi connectivity index (χ1v) is 9.29. The Hall–Kier alpha value is -3.59. The molecule has 0 aliphatic rings. The third-order valence-corrected chi connectivity index (χ3v) is 3.94. The van der Waals surface area contributed by atoms with E-state index < -0.39 is 18.0 Å². The van der Waals surface area contributed by atoms with Crippen molar-refractivity contribution in [2.75, 3.05) is 25.1 Å². The van der Waals surface area contributed by atoms with Crippen LogP contribution < -0.4 is 20.5 Å². The van der Waals surface area contributed by atoms with Crippen LogP contribution in [0.1, 0.15) is 31.0 Å². The first kappa shape index (κ1) is 22.7. The van der Waals surface area contributed by atoms with Crippen LogP contribution in [0.4, 0.5) is 5.69 Å². The molecule has 0 aromatic heterocycles. The Labute approximate surface area is 174 Å². The van der Waals surface area contributed by atoms with Crippen LogP contribution in [-0.4, -0.2) is 42.7 Å². The van der Waals surface area contributed by atoms with Crippen molar-refractivity contribution in [3.63, 3.8) is 0 Å². The van der Waals surface area contributed by atoms with E-state index in [9.17, 15) is 9.59 Å². The highest BCUT2D eigenvalue weighted by Crippen LogP contribution is 2.33. The summed E-state index contributed by atoms with van der Waals surface area (Å²) in [5.41, 5.74) is 6.89. The molecular weight excluding hydrogens is 390 g/mol. The van der Waals surface area contributed by atoms with Gasteiger partial charge in [0.25, 0.3) is 0 Å². The highest BCUT2D eigenvalue weighted by Gasteiger charge is 2.28. The topological polar surface area (TPSA) is 144 Å². The van der Waals surface area contributed by atoms with Gasteiger partial charge in [-0.3, -0.25) is 10.2 Å². The lowest BCUT2D eigenvalue weighted by molar-refractivity contribution is -0.158. The number of benzene rings is 2. The molecule has 160 valence electrons. The molecule has 30 heavy (non-hydrogen) atoms. The molecule has 0 aliphatic carbocycles. The van der Waals surface area contributed by atoms with Crippen LogP contribution in [-0.2, 0) is 14.3 Å². The van der Waals surface area contributed by atoms with Crippen molar-refractivity contribution in [1.29, 1.82) is 5.41 Å². The van der Waals surface area contributed by atoms with Crippen molar-refractivity contribution >= 4 is 23.5 Å². The maximum absolute atomic E-state index is 12.7. The van der Waals surface area contributed by atoms with E-state index in [0.29, 0.717) is 34.9 Å². The maximum atomic E-state index is 12.7. The average Bonchev–Trinajstić information content (AvgIpc) is 2.71. The SMILES string of the molecule is CCOc1ccc(OCCO)c(C(Nc2ccc(C(=N)N)cc2)C(=O)OC(C)=O)c1. The van der Waals surface area contributed by atoms with Crippen LogP contribution in [0.25, 0.3) is 0 Å². The Balaban J connectivity index is 2.46. The molecule has 0 saturated heterocycles. The quantitative estimate of drug-likeness (QED) is 0.200. The molecule has 0 fully saturated rings. The predicted molar refractivity (Wildman–Crippen MR) is 111 cm³/mol. The Bertz CT molecular complexity index is 898. The fraction of sp³-hybridized carbons (Fsp3) is 0.286. The monoisotopic (exact) mass is 415 g/mol. The van der Waals surface area contributed by atoms with Crippen LogP contribution in [0.5, 0.6) is 11.5 Å². The largest absolute Gasteiger partial charge is 0.494 e. The van der Waals surface area contributed by atoms with Gasteiger partial charge >= 0.3 is 11.9 Å². The highest BCUT2D eigenvalue weighted by atomic mass is 16.6. The Morgan fingerprint density at radius 3 is 2.43 bits per heavy atom. The number of ether oxygens (including phenoxy) is 3. The molecule has 0 heterocycles. The van der Waals surface area contributed by atoms with Gasteiger partial charge < -0.3 is 30.4 Å². The second-order valence-electron chi connectivity index (χ2n) is 6.19. The summed E-state index contributed by atoms with van der Waals surface area (Å²) in [5.74, 6) is -0.847. The summed E-state index contributed by atoms with van der Waals surface area (Å²) in [6.07, 6.45) is 0. The number of aliphatic hydroxyl groups excluding tert-OH is 1. The number of hydrogen-bond acceptors (Lipinski definition) is 8. The smallest absolute Gasteiger partial charge is 0.341 e. The van der Waals surface area contributed by atoms with E-state index in [2.05, 4.69) is 5.32 Å². The highest BCUT2D eigenvalue weighted by molar-refractivity contribution is 5.95. The van der Waals surface area contributed by atoms with Gasteiger partial charge in [0.1, 0.15) is 23.9 Å². The third-order valence-electron chi connectivity index (χ3n) is 3.94. The summed E-state index contributed by atoms with van der Waals surface area (Å²) < 4.78 is 15.9. The summed E-state index contributed by atoms with van der Waals surface area (Å²) in [6.45, 7) is 3.18. The van der Waals surface area contributed by atoms with Crippen LogP contribution in [0.2, 0.25) is 0 Å². The number of carbonyl (C=O) groups is 2. The molecule has 9 heteroatoms. The lowest BCUT2D eigenvalue weighted by Crippen LogP contribution is -2.26. The third kappa shape index (κ3) is 6.21. The van der Waals surface area contributed by atoms with Crippen molar-refractivity contribution in [3.8, 4) is 11.5 Å². The summed E-state index contributed by atoms with van der Waals surface area (Å²) in [7, 11) is 0. The molecule has 0 bridgehead atoms. The first-order chi connectivity index (χ1) is 14.3. The van der Waals surface area contributed by atoms with Crippen LogP contribution in [0.15, 0.2) is 42.5 Å². The zero-order chi connectivity index (χ0) is 22.1. The number of amidine groups is 1. The molecule has 9 nitrogen and oxygen atoms in total. The summed E-state index contributed by atoms with van der Waals surface area (Å²) in [4.78, 5) is 24.1. The van der Waals surface area contributed by atoms with E-state index in [1.165, 1.54) is 0 Å². The number of rotatable bonds is 10. The Morgan fingerprint density at radius 1 is 1.17 bits per heavy atom. The lowest BCUT2D eigenvalue weighted by atomic mass is 10.0. The molecule has 2 aromatic rings. The number of nitrogens with two attached hydrogens (primary N) is 1. The zero-order valence-corrected chi connectivity index (χ0v) is 16.8. The second-order valence-corrected chi connectivity index (χ2v) is 6.19. The van der Waals surface area contributed by atoms with Gasteiger partial charge in [0.05, 0.1) is 13.2 Å². The summed E-state index contributed by atoms with van der Waals surface area (Å²) in [6, 6.07) is 10.3. The molecule has 0 amide bonds. The van der Waals surface area contributed by atoms with Gasteiger partial charge in [-0.05, 0) is 49.4 Å². The maximum Gasteiger partial charge on any atom is 0.341 e. The first-order valence-electron chi connectivity index (χ1n) is 9.29. The number of hydrogen-bond donors (Lipinski definition) is 4. The van der Waals surface area contributed by atoms with Gasteiger partial charge in [0, 0.05) is 23.7 Å². The molecule has 0 spiro atoms. The van der Waals surface area contributed by atoms with E-state index in [-0.39, 0.29) is 19.0 Å². The van der Waals surface area contributed by atoms with E-state index >= 15 is 0 Å². The standard InChI is InChI=1S/C21H25N3O6/c1-3-28-16-8-9-18(29-11-10-25)17(12-16)19(21(27)30-13(2)26)24-15-6-4-14(5-7-15)20(22)23/h4-9,12,19,24-25H,3,10-11H2,1-2H3,(H3,22,23). The number of esters is 2. The molecule has 2 rings (SSSR count). The molecule has 0 saturated carbocycles. The van der Waals surface area contributed by atoms with Crippen molar-refractivity contribution in [2.45, 2.75) is 19.9 Å². The number of aliphatic hydroxyl groups is 1. The van der Waals surface area contributed by atoms with E-state index in [1.807, 2.05) is 6.92 Å². The summed E-state index contributed by atoms with van der Waals surface area (Å²) in [5, 5.41) is 19.6. The molecule has 5 N–H and O–H groups in total. The number of nitrogens with one attached hydrogen (secondary N) is 2. The minimum absolute atomic E-state index is 0.0166. The van der Waals surface area contributed by atoms with Gasteiger partial charge in [0.2, 0.25) is 0 Å². The molecule has 2 aromatic carbocycles. The zero-order valence-electron chi connectivity index (χ0n) is 16.8. The minimum Gasteiger partial charge on any atom is -0.494 e. The second kappa shape index (κ2) is 10.8. The molecular formula is C21H25N3O6. The number of carbonyl (C=O) groups excluding carboxylic acids is 2. The number of nitrogen functional groups attached to an aromatic ring is 1. The van der Waals surface area contributed by atoms with Gasteiger partial charge in [0.15, 0.2) is 6.04 Å². The fourth-order valence-electron chi connectivity index (χ4n) is 2.67. The Morgan fingerprint density at radius 2 is 1.87 bits per heavy atom. The van der Waals surface area contributed by atoms with Crippen molar-refractivity contribution < 1.29 is 28.9 Å². The number of anilines is 1. The van der Waals surface area contributed by atoms with E-state index in [0.717, 1.165) is 6.92 Å². The van der Waals surface area contributed by atoms with Crippen molar-refractivity contribution in [3.05, 3.63) is 53.6 Å². The lowest BCUT2D eigenvalue weighted by Gasteiger charge is -2.22. The van der Waals surface area contributed by atoms with Crippen molar-refractivity contribution in [1.82, 2.24) is 0 Å². The Kier molecular flexibility index (Phi) is 8.18. The molecule has 1 atom stereocenters. The van der Waals surface area contributed by atoms with Gasteiger partial charge in [-0.2, -0.15) is 0 Å². The molecule has 0 aliphatic heterocycles. The molecule has 0 radical (unpaired) electrons. The molecule has 1 unspecified atom stereocenters. The van der Waals surface area contributed by atoms with Crippen LogP contribution >= 0.6 is 0 Å². The van der Waals surface area contributed by atoms with Gasteiger partial charge in [-0.1, -0.05) is 0 Å². The average molecular weight is 415 g/mol. The normalized spacial score (nSPS) is 11.3. The predicted octanol–water partition coefficient (Wildman–Crippen LogP) is 1.98. The van der Waals surface area contributed by atoms with Crippen molar-refractivity contribution in [2.24, 2.45) is 5.73 Å². The van der Waals surface area contributed by atoms with Crippen LogP contribution in [0, 0.1) is 5.41 Å². The van der Waals surface area contributed by atoms with Gasteiger partial charge in [-0.15, -0.1) is 0 Å². The van der Waals surface area contributed by atoms with E-state index in [4.69, 9.17) is 30.5 Å². The summed E-state index contributed by atoms with van der Waals surface area (Å²) >= 11 is 0. The fourth-order valence-corrected chi connectivity index (χ4v) is 2.67. The van der Waals surface area contributed by atoms with Crippen LogP contribution in [0.3, 0.4) is 0 Å². The van der Waals surface area contributed by atoms with Gasteiger partial charge in [-0.25, -0.2) is 4.79 Å². The minimum atomic E-state index is -1.11.